The molecular formula is C15H18N2O3. The van der Waals surface area contributed by atoms with Gasteiger partial charge >= 0.3 is 5.97 Å². The summed E-state index contributed by atoms with van der Waals surface area (Å²) < 4.78 is 0. The van der Waals surface area contributed by atoms with E-state index in [9.17, 15) is 14.7 Å². The molecule has 3 rings (SSSR count). The number of carbonyl (C=O) groups is 2. The molecule has 0 radical (unpaired) electrons. The Bertz CT molecular complexity index is 544. The molecule has 1 aromatic rings. The quantitative estimate of drug-likeness (QED) is 0.870. The van der Waals surface area contributed by atoms with Crippen LogP contribution in [0.4, 0.5) is 0 Å². The third-order valence-corrected chi connectivity index (χ3v) is 4.33. The minimum atomic E-state index is -0.892. The van der Waals surface area contributed by atoms with E-state index < -0.39 is 5.97 Å². The lowest BCUT2D eigenvalue weighted by Crippen LogP contribution is -2.37. The summed E-state index contributed by atoms with van der Waals surface area (Å²) in [7, 11) is 0. The Hall–Kier alpha value is -1.88. The van der Waals surface area contributed by atoms with Crippen LogP contribution in [0.15, 0.2) is 24.3 Å². The van der Waals surface area contributed by atoms with E-state index >= 15 is 0 Å². The van der Waals surface area contributed by atoms with E-state index in [1.54, 1.807) is 12.1 Å². The highest BCUT2D eigenvalue weighted by Crippen LogP contribution is 2.30. The highest BCUT2D eigenvalue weighted by Gasteiger charge is 2.37. The average Bonchev–Trinajstić information content (AvgIpc) is 2.70. The molecule has 106 valence electrons. The Kier molecular flexibility index (Phi) is 3.44. The highest BCUT2D eigenvalue weighted by atomic mass is 16.4. The Morgan fingerprint density at radius 3 is 2.85 bits per heavy atom. The standard InChI is InChI=1S/C15H18N2O3/c18-14-7-11-5-6-12(8-16-14)17(11)9-10-3-1-2-4-13(10)15(19)20/h1-4,11-12H,5-9H2,(H,16,18)(H,19,20)/t11-,12+/m1/s1. The van der Waals surface area contributed by atoms with Crippen LogP contribution in [-0.2, 0) is 11.3 Å². The second-order valence-electron chi connectivity index (χ2n) is 5.53. The van der Waals surface area contributed by atoms with Gasteiger partial charge < -0.3 is 10.4 Å². The first-order chi connectivity index (χ1) is 9.65. The van der Waals surface area contributed by atoms with Crippen LogP contribution in [0.3, 0.4) is 0 Å². The van der Waals surface area contributed by atoms with Crippen molar-refractivity contribution in [3.05, 3.63) is 35.4 Å². The van der Waals surface area contributed by atoms with Crippen molar-refractivity contribution in [3.8, 4) is 0 Å². The van der Waals surface area contributed by atoms with Crippen LogP contribution in [0.1, 0.15) is 35.2 Å². The second kappa shape index (κ2) is 5.25. The molecule has 0 saturated carbocycles. The normalized spacial score (nSPS) is 26.1. The van der Waals surface area contributed by atoms with Crippen LogP contribution in [0.5, 0.6) is 0 Å². The van der Waals surface area contributed by atoms with Crippen molar-refractivity contribution in [2.24, 2.45) is 0 Å². The average molecular weight is 274 g/mol. The summed E-state index contributed by atoms with van der Waals surface area (Å²) in [5, 5.41) is 12.2. The number of aromatic carboxylic acids is 1. The van der Waals surface area contributed by atoms with Crippen LogP contribution >= 0.6 is 0 Å². The minimum Gasteiger partial charge on any atom is -0.478 e. The number of amides is 1. The molecule has 0 aliphatic carbocycles. The zero-order chi connectivity index (χ0) is 14.1. The van der Waals surface area contributed by atoms with E-state index in [2.05, 4.69) is 10.2 Å². The molecule has 5 heteroatoms. The van der Waals surface area contributed by atoms with Gasteiger partial charge in [0.05, 0.1) is 5.56 Å². The van der Waals surface area contributed by atoms with Crippen molar-refractivity contribution in [1.29, 1.82) is 0 Å². The van der Waals surface area contributed by atoms with Crippen LogP contribution in [0.2, 0.25) is 0 Å². The number of hydrogen-bond donors (Lipinski definition) is 2. The molecule has 2 atom stereocenters. The van der Waals surface area contributed by atoms with Crippen molar-refractivity contribution >= 4 is 11.9 Å². The van der Waals surface area contributed by atoms with E-state index in [4.69, 9.17) is 0 Å². The lowest BCUT2D eigenvalue weighted by atomic mass is 10.1. The number of nitrogens with zero attached hydrogens (tertiary/aromatic N) is 1. The molecule has 2 N–H and O–H groups in total. The molecule has 0 aromatic heterocycles. The zero-order valence-electron chi connectivity index (χ0n) is 11.2. The largest absolute Gasteiger partial charge is 0.478 e. The molecule has 0 unspecified atom stereocenters. The summed E-state index contributed by atoms with van der Waals surface area (Å²) >= 11 is 0. The van der Waals surface area contributed by atoms with Gasteiger partial charge in [0.15, 0.2) is 0 Å². The van der Waals surface area contributed by atoms with E-state index in [-0.39, 0.29) is 11.9 Å². The molecule has 5 nitrogen and oxygen atoms in total. The lowest BCUT2D eigenvalue weighted by molar-refractivity contribution is -0.121. The number of nitrogens with one attached hydrogen (secondary N) is 1. The van der Waals surface area contributed by atoms with E-state index in [0.717, 1.165) is 18.4 Å². The van der Waals surface area contributed by atoms with Gasteiger partial charge in [-0.1, -0.05) is 18.2 Å². The maximum atomic E-state index is 11.6. The summed E-state index contributed by atoms with van der Waals surface area (Å²) in [6.07, 6.45) is 2.61. The van der Waals surface area contributed by atoms with Gasteiger partial charge in [0.1, 0.15) is 0 Å². The van der Waals surface area contributed by atoms with Crippen molar-refractivity contribution < 1.29 is 14.7 Å². The number of carboxylic acid groups (broad SMARTS) is 1. The second-order valence-corrected chi connectivity index (χ2v) is 5.53. The molecule has 2 fully saturated rings. The molecule has 1 aromatic carbocycles. The summed E-state index contributed by atoms with van der Waals surface area (Å²) in [4.78, 5) is 25.2. The van der Waals surface area contributed by atoms with Gasteiger partial charge in [-0.3, -0.25) is 9.69 Å². The first kappa shape index (κ1) is 13.1. The van der Waals surface area contributed by atoms with Gasteiger partial charge in [0, 0.05) is 31.6 Å². The maximum Gasteiger partial charge on any atom is 0.336 e. The Morgan fingerprint density at radius 2 is 2.05 bits per heavy atom. The summed E-state index contributed by atoms with van der Waals surface area (Å²) in [6, 6.07) is 7.68. The monoisotopic (exact) mass is 274 g/mol. The fourth-order valence-electron chi connectivity index (χ4n) is 3.29. The maximum absolute atomic E-state index is 11.6. The van der Waals surface area contributed by atoms with Gasteiger partial charge in [-0.2, -0.15) is 0 Å². The molecular weight excluding hydrogens is 256 g/mol. The molecule has 0 spiro atoms. The van der Waals surface area contributed by atoms with Gasteiger partial charge in [-0.25, -0.2) is 4.79 Å². The summed E-state index contributed by atoms with van der Waals surface area (Å²) in [5.41, 5.74) is 1.18. The van der Waals surface area contributed by atoms with Gasteiger partial charge in [0.25, 0.3) is 0 Å². The van der Waals surface area contributed by atoms with E-state index in [1.165, 1.54) is 0 Å². The lowest BCUT2D eigenvalue weighted by Gasteiger charge is -2.27. The fourth-order valence-corrected chi connectivity index (χ4v) is 3.29. The first-order valence-electron chi connectivity index (χ1n) is 6.99. The third-order valence-electron chi connectivity index (χ3n) is 4.33. The molecule has 2 aliphatic rings. The predicted molar refractivity (Wildman–Crippen MR) is 73.4 cm³/mol. The molecule has 2 aliphatic heterocycles. The van der Waals surface area contributed by atoms with Crippen molar-refractivity contribution in [3.63, 3.8) is 0 Å². The Labute approximate surface area is 117 Å². The number of rotatable bonds is 3. The first-order valence-corrected chi connectivity index (χ1v) is 6.99. The topological polar surface area (TPSA) is 69.6 Å². The Balaban J connectivity index is 1.84. The molecule has 2 bridgehead atoms. The molecule has 2 saturated heterocycles. The number of carbonyl (C=O) groups excluding carboxylic acids is 1. The summed E-state index contributed by atoms with van der Waals surface area (Å²) in [6.45, 7) is 1.28. The minimum absolute atomic E-state index is 0.105. The van der Waals surface area contributed by atoms with Crippen LogP contribution in [-0.4, -0.2) is 40.5 Å². The predicted octanol–water partition coefficient (Wildman–Crippen LogP) is 1.24. The van der Waals surface area contributed by atoms with E-state index in [0.29, 0.717) is 31.1 Å². The van der Waals surface area contributed by atoms with Gasteiger partial charge in [0.2, 0.25) is 5.91 Å². The molecule has 1 amide bonds. The Morgan fingerprint density at radius 1 is 1.30 bits per heavy atom. The van der Waals surface area contributed by atoms with Crippen molar-refractivity contribution in [2.75, 3.05) is 6.54 Å². The van der Waals surface area contributed by atoms with Crippen LogP contribution < -0.4 is 5.32 Å². The highest BCUT2D eigenvalue weighted by molar-refractivity contribution is 5.89. The fraction of sp³-hybridized carbons (Fsp3) is 0.467. The number of carboxylic acids is 1. The SMILES string of the molecule is O=C1C[C@H]2CC[C@@H](CN1)N2Cc1ccccc1C(=O)O. The number of fused-ring (bicyclic) bond motifs is 2. The van der Waals surface area contributed by atoms with Crippen LogP contribution in [0, 0.1) is 0 Å². The van der Waals surface area contributed by atoms with Crippen molar-refractivity contribution in [1.82, 2.24) is 10.2 Å². The third kappa shape index (κ3) is 2.41. The number of benzene rings is 1. The zero-order valence-corrected chi connectivity index (χ0v) is 11.2. The van der Waals surface area contributed by atoms with Crippen molar-refractivity contribution in [2.45, 2.75) is 37.9 Å². The summed E-state index contributed by atoms with van der Waals surface area (Å²) in [5.74, 6) is -0.786. The number of hydrogen-bond acceptors (Lipinski definition) is 3. The van der Waals surface area contributed by atoms with Crippen LogP contribution in [0.25, 0.3) is 0 Å². The van der Waals surface area contributed by atoms with E-state index in [1.807, 2.05) is 12.1 Å². The smallest absolute Gasteiger partial charge is 0.336 e. The molecule has 2 heterocycles. The van der Waals surface area contributed by atoms with Gasteiger partial charge in [-0.05, 0) is 24.5 Å². The van der Waals surface area contributed by atoms with Gasteiger partial charge in [-0.15, -0.1) is 0 Å². The molecule has 20 heavy (non-hydrogen) atoms.